The average molecular weight is 335 g/mol. The Bertz CT molecular complexity index is 631. The van der Waals surface area contributed by atoms with Gasteiger partial charge in [-0.2, -0.15) is 0 Å². The Hall–Kier alpha value is -2.05. The lowest BCUT2D eigenvalue weighted by Crippen LogP contribution is -2.32. The standard InChI is InChI=1S/C17H18FNO3S/c1-23-15-8-2-12(3-9-15)16(20)10-19-17(21)11-22-14-6-4-13(18)5-7-14/h2-9,16,20H,10-11H2,1H3,(H,19,21)/t16-/m0/s1. The van der Waals surface area contributed by atoms with Crippen molar-refractivity contribution in [3.05, 3.63) is 59.9 Å². The van der Waals surface area contributed by atoms with Crippen LogP contribution in [0.3, 0.4) is 0 Å². The number of hydrogen-bond donors (Lipinski definition) is 2. The van der Waals surface area contributed by atoms with Crippen molar-refractivity contribution in [1.29, 1.82) is 0 Å². The van der Waals surface area contributed by atoms with Crippen LogP contribution in [0.2, 0.25) is 0 Å². The van der Waals surface area contributed by atoms with Gasteiger partial charge in [0.25, 0.3) is 5.91 Å². The lowest BCUT2D eigenvalue weighted by Gasteiger charge is -2.13. The van der Waals surface area contributed by atoms with Gasteiger partial charge in [-0.3, -0.25) is 4.79 Å². The van der Waals surface area contributed by atoms with Crippen LogP contribution < -0.4 is 10.1 Å². The summed E-state index contributed by atoms with van der Waals surface area (Å²) < 4.78 is 18.0. The second kappa shape index (κ2) is 8.55. The minimum atomic E-state index is -0.777. The molecule has 0 radical (unpaired) electrons. The van der Waals surface area contributed by atoms with Gasteiger partial charge in [-0.1, -0.05) is 12.1 Å². The van der Waals surface area contributed by atoms with Crippen molar-refractivity contribution in [3.63, 3.8) is 0 Å². The van der Waals surface area contributed by atoms with Crippen molar-refractivity contribution >= 4 is 17.7 Å². The third-order valence-electron chi connectivity index (χ3n) is 3.18. The van der Waals surface area contributed by atoms with Crippen LogP contribution in [-0.2, 0) is 4.79 Å². The van der Waals surface area contributed by atoms with E-state index in [1.54, 1.807) is 11.8 Å². The molecular formula is C17H18FNO3S. The molecule has 1 atom stereocenters. The van der Waals surface area contributed by atoms with Gasteiger partial charge in [0.1, 0.15) is 11.6 Å². The number of carbonyl (C=O) groups excluding carboxylic acids is 1. The van der Waals surface area contributed by atoms with Gasteiger partial charge < -0.3 is 15.2 Å². The number of nitrogens with one attached hydrogen (secondary N) is 1. The Balaban J connectivity index is 1.75. The highest BCUT2D eigenvalue weighted by Crippen LogP contribution is 2.18. The molecule has 0 saturated heterocycles. The molecule has 122 valence electrons. The van der Waals surface area contributed by atoms with Gasteiger partial charge in [-0.05, 0) is 48.2 Å². The van der Waals surface area contributed by atoms with E-state index in [2.05, 4.69) is 5.32 Å². The zero-order valence-electron chi connectivity index (χ0n) is 12.7. The van der Waals surface area contributed by atoms with E-state index < -0.39 is 6.10 Å². The summed E-state index contributed by atoms with van der Waals surface area (Å²) in [6, 6.07) is 12.9. The van der Waals surface area contributed by atoms with E-state index in [0.29, 0.717) is 5.75 Å². The molecule has 0 aliphatic rings. The van der Waals surface area contributed by atoms with Gasteiger partial charge in [0.2, 0.25) is 0 Å². The summed E-state index contributed by atoms with van der Waals surface area (Å²) in [4.78, 5) is 12.8. The van der Waals surface area contributed by atoms with E-state index in [1.807, 2.05) is 30.5 Å². The molecular weight excluding hydrogens is 317 g/mol. The molecule has 0 aliphatic carbocycles. The predicted molar refractivity (Wildman–Crippen MR) is 88.1 cm³/mol. The van der Waals surface area contributed by atoms with Gasteiger partial charge in [-0.25, -0.2) is 4.39 Å². The van der Waals surface area contributed by atoms with Gasteiger partial charge in [0, 0.05) is 11.4 Å². The zero-order valence-corrected chi connectivity index (χ0v) is 13.5. The van der Waals surface area contributed by atoms with Gasteiger partial charge in [0.05, 0.1) is 6.10 Å². The Labute approximate surface area is 138 Å². The number of aliphatic hydroxyl groups excluding tert-OH is 1. The third-order valence-corrected chi connectivity index (χ3v) is 3.92. The van der Waals surface area contributed by atoms with Crippen LogP contribution in [0.1, 0.15) is 11.7 Å². The number of carbonyl (C=O) groups is 1. The molecule has 0 spiro atoms. The quantitative estimate of drug-likeness (QED) is 0.764. The fraction of sp³-hybridized carbons (Fsp3) is 0.235. The lowest BCUT2D eigenvalue weighted by atomic mass is 10.1. The first-order valence-electron chi connectivity index (χ1n) is 7.05. The van der Waals surface area contributed by atoms with Crippen LogP contribution >= 0.6 is 11.8 Å². The van der Waals surface area contributed by atoms with Crippen LogP contribution in [0.15, 0.2) is 53.4 Å². The molecule has 4 nitrogen and oxygen atoms in total. The van der Waals surface area contributed by atoms with Crippen molar-refractivity contribution in [2.75, 3.05) is 19.4 Å². The smallest absolute Gasteiger partial charge is 0.258 e. The number of hydrogen-bond acceptors (Lipinski definition) is 4. The normalized spacial score (nSPS) is 11.8. The summed E-state index contributed by atoms with van der Waals surface area (Å²) in [6.45, 7) is -0.0893. The third kappa shape index (κ3) is 5.58. The molecule has 23 heavy (non-hydrogen) atoms. The van der Waals surface area contributed by atoms with Crippen LogP contribution in [0.25, 0.3) is 0 Å². The van der Waals surface area contributed by atoms with E-state index in [4.69, 9.17) is 4.74 Å². The fourth-order valence-corrected chi connectivity index (χ4v) is 2.29. The highest BCUT2D eigenvalue weighted by atomic mass is 32.2. The highest BCUT2D eigenvalue weighted by molar-refractivity contribution is 7.98. The summed E-state index contributed by atoms with van der Waals surface area (Å²) in [5, 5.41) is 12.6. The van der Waals surface area contributed by atoms with Crippen LogP contribution in [0, 0.1) is 5.82 Å². The van der Waals surface area contributed by atoms with Crippen molar-refractivity contribution in [2.24, 2.45) is 0 Å². The Morgan fingerprint density at radius 1 is 1.22 bits per heavy atom. The molecule has 6 heteroatoms. The molecule has 0 fully saturated rings. The number of thioether (sulfide) groups is 1. The van der Waals surface area contributed by atoms with Crippen molar-refractivity contribution < 1.29 is 19.0 Å². The minimum Gasteiger partial charge on any atom is -0.484 e. The van der Waals surface area contributed by atoms with Crippen molar-refractivity contribution in [2.45, 2.75) is 11.0 Å². The van der Waals surface area contributed by atoms with Gasteiger partial charge >= 0.3 is 0 Å². The first kappa shape index (κ1) is 17.3. The summed E-state index contributed by atoms with van der Waals surface area (Å²) in [5.74, 6) is -0.304. The second-order valence-electron chi connectivity index (χ2n) is 4.84. The van der Waals surface area contributed by atoms with Crippen molar-refractivity contribution in [1.82, 2.24) is 5.32 Å². The van der Waals surface area contributed by atoms with Crippen LogP contribution in [0.4, 0.5) is 4.39 Å². The summed E-state index contributed by atoms with van der Waals surface area (Å²) in [5.41, 5.74) is 0.738. The number of rotatable bonds is 7. The molecule has 0 unspecified atom stereocenters. The maximum absolute atomic E-state index is 12.7. The zero-order chi connectivity index (χ0) is 16.7. The molecule has 0 aromatic heterocycles. The largest absolute Gasteiger partial charge is 0.484 e. The second-order valence-corrected chi connectivity index (χ2v) is 5.72. The van der Waals surface area contributed by atoms with Crippen molar-refractivity contribution in [3.8, 4) is 5.75 Å². The van der Waals surface area contributed by atoms with E-state index >= 15 is 0 Å². The van der Waals surface area contributed by atoms with E-state index in [1.165, 1.54) is 24.3 Å². The molecule has 2 aromatic rings. The number of halogens is 1. The van der Waals surface area contributed by atoms with E-state index in [0.717, 1.165) is 10.5 Å². The molecule has 0 bridgehead atoms. The number of benzene rings is 2. The van der Waals surface area contributed by atoms with E-state index in [9.17, 15) is 14.3 Å². The number of amides is 1. The van der Waals surface area contributed by atoms with E-state index in [-0.39, 0.29) is 24.9 Å². The lowest BCUT2D eigenvalue weighted by molar-refractivity contribution is -0.123. The molecule has 0 heterocycles. The van der Waals surface area contributed by atoms with Crippen LogP contribution in [-0.4, -0.2) is 30.4 Å². The van der Waals surface area contributed by atoms with Gasteiger partial charge in [0.15, 0.2) is 6.61 Å². The predicted octanol–water partition coefficient (Wildman–Crippen LogP) is 2.78. The summed E-state index contributed by atoms with van der Waals surface area (Å²) >= 11 is 1.62. The molecule has 0 aliphatic heterocycles. The van der Waals surface area contributed by atoms with Gasteiger partial charge in [-0.15, -0.1) is 11.8 Å². The highest BCUT2D eigenvalue weighted by Gasteiger charge is 2.10. The first-order valence-corrected chi connectivity index (χ1v) is 8.28. The molecule has 2 rings (SSSR count). The Kier molecular flexibility index (Phi) is 6.43. The molecule has 0 saturated carbocycles. The summed E-state index contributed by atoms with van der Waals surface area (Å²) in [7, 11) is 0. The maximum Gasteiger partial charge on any atom is 0.258 e. The Morgan fingerprint density at radius 3 is 2.48 bits per heavy atom. The number of ether oxygens (including phenoxy) is 1. The number of aliphatic hydroxyl groups is 1. The average Bonchev–Trinajstić information content (AvgIpc) is 2.59. The Morgan fingerprint density at radius 2 is 1.87 bits per heavy atom. The molecule has 2 N–H and O–H groups in total. The first-order chi connectivity index (χ1) is 11.1. The topological polar surface area (TPSA) is 58.6 Å². The maximum atomic E-state index is 12.7. The monoisotopic (exact) mass is 335 g/mol. The SMILES string of the molecule is CSc1ccc([C@@H](O)CNC(=O)COc2ccc(F)cc2)cc1. The van der Waals surface area contributed by atoms with Crippen LogP contribution in [0.5, 0.6) is 5.75 Å². The fourth-order valence-electron chi connectivity index (χ4n) is 1.89. The molecule has 1 amide bonds. The minimum absolute atomic E-state index is 0.101. The summed E-state index contributed by atoms with van der Waals surface area (Å²) in [6.07, 6.45) is 1.20. The molecule has 2 aromatic carbocycles.